The van der Waals surface area contributed by atoms with Crippen LogP contribution in [0, 0.1) is 0 Å². The Morgan fingerprint density at radius 1 is 1.03 bits per heavy atom. The van der Waals surface area contributed by atoms with E-state index >= 15 is 0 Å². The number of benzene rings is 2. The van der Waals surface area contributed by atoms with E-state index in [2.05, 4.69) is 15.3 Å². The molecule has 0 atom stereocenters. The summed E-state index contributed by atoms with van der Waals surface area (Å²) < 4.78 is 11.9. The summed E-state index contributed by atoms with van der Waals surface area (Å²) in [7, 11) is 0. The Hall–Kier alpha value is -3.43. The number of para-hydroxylation sites is 1. The highest BCUT2D eigenvalue weighted by molar-refractivity contribution is 7.23. The maximum atomic E-state index is 12.9. The Balaban J connectivity index is 1.41. The van der Waals surface area contributed by atoms with Gasteiger partial charge in [0.05, 0.1) is 21.4 Å². The molecule has 29 heavy (non-hydrogen) atoms. The largest absolute Gasteiger partial charge is 0.454 e. The number of aromatic nitrogens is 2. The average Bonchev–Trinajstić information content (AvgIpc) is 3.41. The van der Waals surface area contributed by atoms with Crippen molar-refractivity contribution in [3.63, 3.8) is 0 Å². The number of nitrogens with one attached hydrogen (secondary N) is 1. The molecule has 1 aliphatic heterocycles. The summed E-state index contributed by atoms with van der Waals surface area (Å²) in [4.78, 5) is 23.1. The molecule has 0 unspecified atom stereocenters. The lowest BCUT2D eigenvalue weighted by Crippen LogP contribution is -2.11. The van der Waals surface area contributed by atoms with E-state index in [1.165, 1.54) is 22.7 Å². The molecular formula is C20H12N4O3S2. The van der Waals surface area contributed by atoms with Crippen molar-refractivity contribution in [2.24, 2.45) is 0 Å². The average molecular weight is 420 g/mol. The van der Waals surface area contributed by atoms with Gasteiger partial charge in [0.1, 0.15) is 9.71 Å². The van der Waals surface area contributed by atoms with Crippen LogP contribution >= 0.6 is 22.7 Å². The van der Waals surface area contributed by atoms with Gasteiger partial charge in [0.2, 0.25) is 6.79 Å². The number of nitrogen functional groups attached to an aromatic ring is 1. The molecule has 4 heterocycles. The molecule has 9 heteroatoms. The summed E-state index contributed by atoms with van der Waals surface area (Å²) in [5.41, 5.74) is 8.34. The molecule has 7 nitrogen and oxygen atoms in total. The van der Waals surface area contributed by atoms with Gasteiger partial charge in [-0.3, -0.25) is 10.1 Å². The van der Waals surface area contributed by atoms with Gasteiger partial charge in [0.25, 0.3) is 5.91 Å². The summed E-state index contributed by atoms with van der Waals surface area (Å²) in [5, 5.41) is 5.02. The van der Waals surface area contributed by atoms with Crippen LogP contribution in [0.4, 0.5) is 10.8 Å². The number of thiophene rings is 1. The Morgan fingerprint density at radius 3 is 2.72 bits per heavy atom. The number of carbonyl (C=O) groups excluding carboxylic acids is 1. The number of rotatable bonds is 2. The highest BCUT2D eigenvalue weighted by atomic mass is 32.1. The predicted octanol–water partition coefficient (Wildman–Crippen LogP) is 4.62. The van der Waals surface area contributed by atoms with E-state index in [9.17, 15) is 4.79 Å². The van der Waals surface area contributed by atoms with Crippen molar-refractivity contribution in [2.75, 3.05) is 17.8 Å². The highest BCUT2D eigenvalue weighted by Gasteiger charge is 2.21. The van der Waals surface area contributed by atoms with Crippen LogP contribution in [-0.4, -0.2) is 22.7 Å². The summed E-state index contributed by atoms with van der Waals surface area (Å²) in [6.07, 6.45) is 0. The SMILES string of the molecule is Nc1c(C(=O)Nc2nc3ccccc3s2)sc2nc3cc4c(cc3cc12)OCO4. The number of pyridine rings is 1. The number of nitrogens with zero attached hydrogens (tertiary/aromatic N) is 2. The minimum atomic E-state index is -0.289. The molecule has 0 bridgehead atoms. The Morgan fingerprint density at radius 2 is 1.86 bits per heavy atom. The van der Waals surface area contributed by atoms with E-state index in [0.29, 0.717) is 32.0 Å². The maximum absolute atomic E-state index is 12.9. The van der Waals surface area contributed by atoms with E-state index in [4.69, 9.17) is 15.2 Å². The van der Waals surface area contributed by atoms with Crippen molar-refractivity contribution in [1.82, 2.24) is 9.97 Å². The quantitative estimate of drug-likeness (QED) is 0.432. The van der Waals surface area contributed by atoms with E-state index < -0.39 is 0 Å². The third-order valence-electron chi connectivity index (χ3n) is 4.73. The summed E-state index contributed by atoms with van der Waals surface area (Å²) in [6, 6.07) is 13.4. The number of carbonyl (C=O) groups is 1. The lowest BCUT2D eigenvalue weighted by Gasteiger charge is -2.01. The number of amides is 1. The molecule has 142 valence electrons. The second-order valence-corrected chi connectivity index (χ2v) is 8.55. The molecule has 0 aliphatic carbocycles. The first kappa shape index (κ1) is 16.5. The number of ether oxygens (including phenoxy) is 2. The Kier molecular flexibility index (Phi) is 3.44. The van der Waals surface area contributed by atoms with Gasteiger partial charge >= 0.3 is 0 Å². The van der Waals surface area contributed by atoms with Crippen LogP contribution in [0.3, 0.4) is 0 Å². The van der Waals surface area contributed by atoms with Gasteiger partial charge < -0.3 is 15.2 Å². The number of anilines is 2. The van der Waals surface area contributed by atoms with Gasteiger partial charge in [0.15, 0.2) is 16.6 Å². The normalized spacial score (nSPS) is 12.8. The monoisotopic (exact) mass is 420 g/mol. The standard InChI is InChI=1S/C20H12N4O3S2/c21-16-10-5-9-6-13-14(27-8-26-13)7-12(9)22-19(10)29-17(16)18(25)24-20-23-11-3-1-2-4-15(11)28-20/h1-7H,8,21H2,(H,23,24,25). The molecule has 1 amide bonds. The highest BCUT2D eigenvalue weighted by Crippen LogP contribution is 2.40. The predicted molar refractivity (Wildman–Crippen MR) is 115 cm³/mol. The zero-order valence-electron chi connectivity index (χ0n) is 14.8. The maximum Gasteiger partial charge on any atom is 0.269 e. The van der Waals surface area contributed by atoms with Crippen LogP contribution in [0.2, 0.25) is 0 Å². The number of hydrogen-bond donors (Lipinski definition) is 2. The molecule has 3 N–H and O–H groups in total. The van der Waals surface area contributed by atoms with Crippen LogP contribution in [0.1, 0.15) is 9.67 Å². The third-order valence-corrected chi connectivity index (χ3v) is 6.79. The van der Waals surface area contributed by atoms with Gasteiger partial charge in [-0.15, -0.1) is 11.3 Å². The van der Waals surface area contributed by atoms with Crippen LogP contribution < -0.4 is 20.5 Å². The lowest BCUT2D eigenvalue weighted by molar-refractivity contribution is 0.103. The zero-order valence-corrected chi connectivity index (χ0v) is 16.4. The topological polar surface area (TPSA) is 99.4 Å². The molecule has 0 saturated heterocycles. The van der Waals surface area contributed by atoms with E-state index in [-0.39, 0.29) is 12.7 Å². The first-order valence-corrected chi connectivity index (χ1v) is 10.4. The van der Waals surface area contributed by atoms with Crippen molar-refractivity contribution < 1.29 is 14.3 Å². The van der Waals surface area contributed by atoms with Crippen molar-refractivity contribution in [3.8, 4) is 11.5 Å². The van der Waals surface area contributed by atoms with Crippen molar-refractivity contribution in [3.05, 3.63) is 47.3 Å². The second kappa shape index (κ2) is 6.03. The Labute approximate surface area is 171 Å². The van der Waals surface area contributed by atoms with E-state index in [1.807, 2.05) is 42.5 Å². The van der Waals surface area contributed by atoms with Crippen molar-refractivity contribution in [1.29, 1.82) is 0 Å². The number of thiazole rings is 1. The number of hydrogen-bond acceptors (Lipinski definition) is 8. The molecule has 0 spiro atoms. The molecule has 6 rings (SSSR count). The molecule has 0 saturated carbocycles. The molecule has 3 aromatic heterocycles. The smallest absolute Gasteiger partial charge is 0.269 e. The van der Waals surface area contributed by atoms with Crippen molar-refractivity contribution in [2.45, 2.75) is 0 Å². The van der Waals surface area contributed by atoms with Gasteiger partial charge in [0, 0.05) is 16.8 Å². The molecule has 1 aliphatic rings. The third kappa shape index (κ3) is 2.59. The van der Waals surface area contributed by atoms with Gasteiger partial charge in [-0.05, 0) is 24.3 Å². The van der Waals surface area contributed by atoms with Crippen LogP contribution in [-0.2, 0) is 0 Å². The Bertz CT molecular complexity index is 1420. The molecule has 5 aromatic rings. The lowest BCUT2D eigenvalue weighted by atomic mass is 10.1. The molecular weight excluding hydrogens is 408 g/mol. The molecule has 2 aromatic carbocycles. The first-order chi connectivity index (χ1) is 14.2. The first-order valence-electron chi connectivity index (χ1n) is 8.75. The van der Waals surface area contributed by atoms with Crippen LogP contribution in [0.25, 0.3) is 31.3 Å². The van der Waals surface area contributed by atoms with Crippen LogP contribution in [0.5, 0.6) is 11.5 Å². The fraction of sp³-hybridized carbons (Fsp3) is 0.0500. The van der Waals surface area contributed by atoms with E-state index in [1.54, 1.807) is 0 Å². The second-order valence-electron chi connectivity index (χ2n) is 6.52. The fourth-order valence-electron chi connectivity index (χ4n) is 3.34. The molecule has 0 radical (unpaired) electrons. The van der Waals surface area contributed by atoms with Gasteiger partial charge in [-0.1, -0.05) is 23.5 Å². The zero-order chi connectivity index (χ0) is 19.5. The summed E-state index contributed by atoms with van der Waals surface area (Å²) >= 11 is 2.69. The number of nitrogens with two attached hydrogens (primary N) is 1. The van der Waals surface area contributed by atoms with E-state index in [0.717, 1.165) is 26.5 Å². The minimum absolute atomic E-state index is 0.207. The minimum Gasteiger partial charge on any atom is -0.454 e. The van der Waals surface area contributed by atoms with Crippen LogP contribution in [0.15, 0.2) is 42.5 Å². The van der Waals surface area contributed by atoms with Crippen molar-refractivity contribution >= 4 is 70.7 Å². The van der Waals surface area contributed by atoms with Gasteiger partial charge in [-0.2, -0.15) is 0 Å². The fourth-order valence-corrected chi connectivity index (χ4v) is 5.18. The van der Waals surface area contributed by atoms with Gasteiger partial charge in [-0.25, -0.2) is 9.97 Å². The summed E-state index contributed by atoms with van der Waals surface area (Å²) in [6.45, 7) is 0.207. The summed E-state index contributed by atoms with van der Waals surface area (Å²) in [5.74, 6) is 1.06. The number of fused-ring (bicyclic) bond motifs is 4. The molecule has 0 fully saturated rings.